The minimum Gasteiger partial charge on any atom is -0.342 e. The molecule has 0 saturated heterocycles. The van der Waals surface area contributed by atoms with E-state index in [0.717, 1.165) is 16.7 Å². The average molecular weight is 401 g/mol. The minimum absolute atomic E-state index is 0.0294. The van der Waals surface area contributed by atoms with Gasteiger partial charge in [0, 0.05) is 24.0 Å². The second-order valence-electron chi connectivity index (χ2n) is 6.87. The van der Waals surface area contributed by atoms with Crippen molar-refractivity contribution in [1.29, 1.82) is 0 Å². The van der Waals surface area contributed by atoms with Gasteiger partial charge >= 0.3 is 0 Å². The van der Waals surface area contributed by atoms with Gasteiger partial charge < -0.3 is 10.3 Å². The van der Waals surface area contributed by atoms with Gasteiger partial charge in [-0.05, 0) is 42.8 Å². The van der Waals surface area contributed by atoms with Crippen LogP contribution < -0.4 is 5.32 Å². The number of imidazole rings is 1. The van der Waals surface area contributed by atoms with Crippen molar-refractivity contribution >= 4 is 28.4 Å². The summed E-state index contributed by atoms with van der Waals surface area (Å²) in [4.78, 5) is 28.5. The number of carbonyl (C=O) groups is 1. The van der Waals surface area contributed by atoms with Crippen molar-refractivity contribution in [2.45, 2.75) is 13.3 Å². The molecule has 0 aliphatic carbocycles. The van der Waals surface area contributed by atoms with E-state index in [0.29, 0.717) is 29.3 Å². The molecule has 2 N–H and O–H groups in total. The molecule has 148 valence electrons. The summed E-state index contributed by atoms with van der Waals surface area (Å²) >= 11 is 0. The summed E-state index contributed by atoms with van der Waals surface area (Å²) in [6.45, 7) is 1.86. The van der Waals surface area contributed by atoms with Crippen LogP contribution in [0.1, 0.15) is 27.7 Å². The standard InChI is InChI=1S/C21H16FN7O/c1-12-8-9-23-21-27-19(28-29(12)21)20(30)24-14-6-7-16-17(11-14)26-18(25-16)10-13-4-2-3-5-15(13)22/h2-9,11H,10H2,1H3,(H,24,30)(H,25,26). The zero-order chi connectivity index (χ0) is 20.7. The molecule has 0 bridgehead atoms. The number of aromatic nitrogens is 6. The average Bonchev–Trinajstić information content (AvgIpc) is 3.34. The van der Waals surface area contributed by atoms with Gasteiger partial charge in [-0.2, -0.15) is 4.98 Å². The molecule has 3 heterocycles. The lowest BCUT2D eigenvalue weighted by Crippen LogP contribution is -2.14. The number of H-pyrrole nitrogens is 1. The number of nitrogens with one attached hydrogen (secondary N) is 2. The first-order valence-corrected chi connectivity index (χ1v) is 9.28. The van der Waals surface area contributed by atoms with Crippen LogP contribution in [0.2, 0.25) is 0 Å². The summed E-state index contributed by atoms with van der Waals surface area (Å²) in [6, 6.07) is 13.7. The number of hydrogen-bond donors (Lipinski definition) is 2. The number of aromatic amines is 1. The molecule has 5 rings (SSSR count). The maximum atomic E-state index is 13.9. The largest absolute Gasteiger partial charge is 0.342 e. The highest BCUT2D eigenvalue weighted by Gasteiger charge is 2.15. The van der Waals surface area contributed by atoms with Gasteiger partial charge in [0.15, 0.2) is 0 Å². The molecule has 0 fully saturated rings. The number of benzene rings is 2. The maximum Gasteiger partial charge on any atom is 0.295 e. The van der Waals surface area contributed by atoms with E-state index >= 15 is 0 Å². The van der Waals surface area contributed by atoms with Gasteiger partial charge in [-0.25, -0.2) is 18.9 Å². The molecular formula is C21H16FN7O. The summed E-state index contributed by atoms with van der Waals surface area (Å²) in [5, 5.41) is 6.99. The summed E-state index contributed by atoms with van der Waals surface area (Å²) in [5.41, 5.74) is 3.42. The second kappa shape index (κ2) is 7.03. The number of hydrogen-bond acceptors (Lipinski definition) is 5. The summed E-state index contributed by atoms with van der Waals surface area (Å²) < 4.78 is 15.4. The van der Waals surface area contributed by atoms with Crippen LogP contribution in [-0.2, 0) is 6.42 Å². The Kier molecular flexibility index (Phi) is 4.20. The van der Waals surface area contributed by atoms with Crippen LogP contribution in [0.3, 0.4) is 0 Å². The van der Waals surface area contributed by atoms with Crippen LogP contribution >= 0.6 is 0 Å². The Labute approximate surface area is 169 Å². The molecule has 0 unspecified atom stereocenters. The summed E-state index contributed by atoms with van der Waals surface area (Å²) in [7, 11) is 0. The van der Waals surface area contributed by atoms with E-state index in [4.69, 9.17) is 0 Å². The van der Waals surface area contributed by atoms with Gasteiger partial charge in [0.05, 0.1) is 11.0 Å². The molecule has 0 saturated carbocycles. The van der Waals surface area contributed by atoms with Crippen molar-refractivity contribution in [2.24, 2.45) is 0 Å². The lowest BCUT2D eigenvalue weighted by Gasteiger charge is -2.02. The molecule has 8 nitrogen and oxygen atoms in total. The van der Waals surface area contributed by atoms with E-state index in [1.54, 1.807) is 48.7 Å². The third kappa shape index (κ3) is 3.26. The van der Waals surface area contributed by atoms with Crippen molar-refractivity contribution in [3.63, 3.8) is 0 Å². The van der Waals surface area contributed by atoms with Crippen molar-refractivity contribution in [1.82, 2.24) is 29.5 Å². The van der Waals surface area contributed by atoms with Gasteiger partial charge in [-0.1, -0.05) is 18.2 Å². The SMILES string of the molecule is Cc1ccnc2nc(C(=O)Nc3ccc4nc(Cc5ccccc5F)[nH]c4c3)nn12. The first kappa shape index (κ1) is 17.9. The van der Waals surface area contributed by atoms with Crippen molar-refractivity contribution < 1.29 is 9.18 Å². The fourth-order valence-electron chi connectivity index (χ4n) is 3.24. The molecule has 1 amide bonds. The predicted molar refractivity (Wildman–Crippen MR) is 109 cm³/mol. The molecule has 0 aliphatic rings. The van der Waals surface area contributed by atoms with Crippen LogP contribution in [0.15, 0.2) is 54.7 Å². The van der Waals surface area contributed by atoms with E-state index < -0.39 is 5.91 Å². The smallest absolute Gasteiger partial charge is 0.295 e. The minimum atomic E-state index is -0.439. The Balaban J connectivity index is 1.38. The Hall–Kier alpha value is -4.14. The Bertz CT molecular complexity index is 1410. The highest BCUT2D eigenvalue weighted by molar-refractivity contribution is 6.02. The number of amides is 1. The fraction of sp³-hybridized carbons (Fsp3) is 0.0952. The maximum absolute atomic E-state index is 13.9. The van der Waals surface area contributed by atoms with E-state index in [1.165, 1.54) is 10.6 Å². The van der Waals surface area contributed by atoms with Crippen LogP contribution in [0.5, 0.6) is 0 Å². The fourth-order valence-corrected chi connectivity index (χ4v) is 3.24. The lowest BCUT2D eigenvalue weighted by molar-refractivity contribution is 0.101. The number of rotatable bonds is 4. The van der Waals surface area contributed by atoms with Gasteiger partial charge in [0.25, 0.3) is 11.7 Å². The topological polar surface area (TPSA) is 101 Å². The van der Waals surface area contributed by atoms with Gasteiger partial charge in [0.1, 0.15) is 11.6 Å². The molecular weight excluding hydrogens is 385 g/mol. The van der Waals surface area contributed by atoms with E-state index in [1.807, 2.05) is 6.92 Å². The molecule has 0 aliphatic heterocycles. The van der Waals surface area contributed by atoms with Gasteiger partial charge in [-0.15, -0.1) is 5.10 Å². The zero-order valence-corrected chi connectivity index (χ0v) is 15.9. The summed E-state index contributed by atoms with van der Waals surface area (Å²) in [5.74, 6) is 0.326. The molecule has 5 aromatic rings. The third-order valence-electron chi connectivity index (χ3n) is 4.74. The zero-order valence-electron chi connectivity index (χ0n) is 15.9. The molecule has 30 heavy (non-hydrogen) atoms. The van der Waals surface area contributed by atoms with E-state index in [2.05, 4.69) is 30.4 Å². The number of fused-ring (bicyclic) bond motifs is 2. The summed E-state index contributed by atoms with van der Waals surface area (Å²) in [6.07, 6.45) is 1.96. The number of carbonyl (C=O) groups excluding carboxylic acids is 1. The van der Waals surface area contributed by atoms with E-state index in [9.17, 15) is 9.18 Å². The van der Waals surface area contributed by atoms with Crippen LogP contribution in [0.4, 0.5) is 10.1 Å². The van der Waals surface area contributed by atoms with Gasteiger partial charge in [0.2, 0.25) is 5.82 Å². The predicted octanol–water partition coefficient (Wildman–Crippen LogP) is 3.29. The van der Waals surface area contributed by atoms with Crippen molar-refractivity contribution in [3.8, 4) is 0 Å². The highest BCUT2D eigenvalue weighted by atomic mass is 19.1. The van der Waals surface area contributed by atoms with Crippen molar-refractivity contribution in [2.75, 3.05) is 5.32 Å². The molecule has 0 radical (unpaired) electrons. The molecule has 3 aromatic heterocycles. The normalized spacial score (nSPS) is 11.3. The Morgan fingerprint density at radius 1 is 1.17 bits per heavy atom. The second-order valence-corrected chi connectivity index (χ2v) is 6.87. The lowest BCUT2D eigenvalue weighted by atomic mass is 10.1. The number of aryl methyl sites for hydroxylation is 1. The van der Waals surface area contributed by atoms with Crippen LogP contribution in [0.25, 0.3) is 16.8 Å². The molecule has 0 spiro atoms. The first-order valence-electron chi connectivity index (χ1n) is 9.28. The number of nitrogens with zero attached hydrogens (tertiary/aromatic N) is 5. The van der Waals surface area contributed by atoms with Crippen LogP contribution in [0, 0.1) is 12.7 Å². The molecule has 2 aromatic carbocycles. The third-order valence-corrected chi connectivity index (χ3v) is 4.74. The van der Waals surface area contributed by atoms with E-state index in [-0.39, 0.29) is 11.6 Å². The highest BCUT2D eigenvalue weighted by Crippen LogP contribution is 2.20. The Morgan fingerprint density at radius 3 is 2.87 bits per heavy atom. The monoisotopic (exact) mass is 401 g/mol. The Morgan fingerprint density at radius 2 is 2.03 bits per heavy atom. The quantitative estimate of drug-likeness (QED) is 0.481. The number of halogens is 1. The van der Waals surface area contributed by atoms with Crippen molar-refractivity contribution in [3.05, 3.63) is 83.5 Å². The van der Waals surface area contributed by atoms with Crippen LogP contribution in [-0.4, -0.2) is 35.5 Å². The molecule has 0 atom stereocenters. The molecule has 9 heteroatoms. The van der Waals surface area contributed by atoms with Gasteiger partial charge in [-0.3, -0.25) is 4.79 Å². The number of anilines is 1. The first-order chi connectivity index (χ1) is 14.6.